The predicted molar refractivity (Wildman–Crippen MR) is 142 cm³/mol. The van der Waals surface area contributed by atoms with Crippen molar-refractivity contribution in [3.63, 3.8) is 0 Å². The van der Waals surface area contributed by atoms with Gasteiger partial charge in [0.05, 0.1) is 29.9 Å². The van der Waals surface area contributed by atoms with Crippen molar-refractivity contribution in [3.05, 3.63) is 27.2 Å². The normalized spacial score (nSPS) is 5.61. The predicted octanol–water partition coefficient (Wildman–Crippen LogP) is 5.04. The minimum atomic E-state index is 0. The van der Waals surface area contributed by atoms with Gasteiger partial charge in [-0.15, -0.1) is 32.6 Å². The Bertz CT molecular complexity index is 535. The Morgan fingerprint density at radius 1 is 0.788 bits per heavy atom. The molecule has 11 heteroatoms. The summed E-state index contributed by atoms with van der Waals surface area (Å²) < 4.78 is 0. The maximum Gasteiger partial charge on any atom is 0.215 e. The maximum atomic E-state index is 9.62. The van der Waals surface area contributed by atoms with Crippen molar-refractivity contribution in [2.45, 2.75) is 56.9 Å². The molecule has 0 aromatic rings. The number of azo groups is 1. The summed E-state index contributed by atoms with van der Waals surface area (Å²) in [6.45, 7) is 9.47. The number of nitrogens with one attached hydrogen (secondary N) is 2. The first-order valence-electron chi connectivity index (χ1n) is 8.39. The topological polar surface area (TPSA) is 114 Å². The molecule has 0 aromatic carbocycles. The molecule has 195 valence electrons. The van der Waals surface area contributed by atoms with Crippen molar-refractivity contribution in [2.24, 2.45) is 20.2 Å². The van der Waals surface area contributed by atoms with Gasteiger partial charge in [0.1, 0.15) is 9.74 Å². The molecule has 2 N–H and O–H groups in total. The van der Waals surface area contributed by atoms with Crippen LogP contribution in [0.3, 0.4) is 0 Å². The first-order valence-corrected chi connectivity index (χ1v) is 8.39. The second-order valence-electron chi connectivity index (χ2n) is 4.26. The van der Waals surface area contributed by atoms with Gasteiger partial charge in [0, 0.05) is 60.9 Å². The van der Waals surface area contributed by atoms with Crippen LogP contribution in [0.2, 0.25) is 0 Å². The summed E-state index contributed by atoms with van der Waals surface area (Å²) in [6.07, 6.45) is 2.78. The van der Waals surface area contributed by atoms with Gasteiger partial charge in [0.15, 0.2) is 0 Å². The summed E-state index contributed by atoms with van der Waals surface area (Å²) in [6, 6.07) is 2.36. The molecule has 0 unspecified atom stereocenters. The van der Waals surface area contributed by atoms with Crippen LogP contribution in [0.5, 0.6) is 0 Å². The molecule has 0 aliphatic rings. The molecule has 0 bridgehead atoms. The molecule has 0 saturated heterocycles. The van der Waals surface area contributed by atoms with E-state index < -0.39 is 0 Å². The van der Waals surface area contributed by atoms with E-state index in [1.54, 1.807) is 42.3 Å². The maximum absolute atomic E-state index is 9.62. The number of hydrogen-bond acceptors (Lipinski definition) is 6. The number of nitrogens with zero attached hydrogens (tertiary/aromatic N) is 6. The van der Waals surface area contributed by atoms with Gasteiger partial charge in [-0.05, 0) is 13.8 Å². The minimum absolute atomic E-state index is 0. The number of hydrazine groups is 2. The molecule has 0 aromatic heterocycles. The zero-order valence-corrected chi connectivity index (χ0v) is 23.9. The van der Waals surface area contributed by atoms with Gasteiger partial charge < -0.3 is 5.73 Å². The van der Waals surface area contributed by atoms with Crippen molar-refractivity contribution in [1.82, 2.24) is 10.9 Å². The molecule has 33 heavy (non-hydrogen) atoms. The number of aliphatic imine (C=N–C) groups is 2. The molecule has 0 spiro atoms. The van der Waals surface area contributed by atoms with Crippen LogP contribution < -0.4 is 10.9 Å². The van der Waals surface area contributed by atoms with Gasteiger partial charge in [-0.1, -0.05) is 22.3 Å². The van der Waals surface area contributed by atoms with Gasteiger partial charge in [-0.2, -0.15) is 26.7 Å². The fourth-order valence-electron chi connectivity index (χ4n) is 0.350. The molecule has 10 nitrogen and oxygen atoms in total. The van der Waals surface area contributed by atoms with Crippen LogP contribution in [-0.2, 0) is 32.7 Å². The second-order valence-corrected chi connectivity index (χ2v) is 4.26. The molecule has 0 aliphatic heterocycles. The van der Waals surface area contributed by atoms with Gasteiger partial charge in [0.25, 0.3) is 0 Å². The number of hydrogen-bond donors (Lipinski definition) is 2. The monoisotopic (exact) mass is 550 g/mol. The number of allylic oxidation sites excluding steroid dienone is 1. The Kier molecular flexibility index (Phi) is 149. The van der Waals surface area contributed by atoms with E-state index in [1.807, 2.05) is 34.6 Å². The fraction of sp³-hybridized carbons (Fsp3) is 0.727. The number of nitroso groups, excluding NO2 is 2. The zero-order chi connectivity index (χ0) is 24.5. The van der Waals surface area contributed by atoms with Gasteiger partial charge in [-0.3, -0.25) is 0 Å². The SMILES string of the molecule is C.C.C.CC#CC.CN=C=NC.CN=NC.CN[N+](C)=O.CN[N+](C)=O.C[C-]=C=C(C)C.[Y]. The second kappa shape index (κ2) is 77.9. The van der Waals surface area contributed by atoms with E-state index in [0.717, 1.165) is 0 Å². The zero-order valence-electron chi connectivity index (χ0n) is 21.1. The van der Waals surface area contributed by atoms with Gasteiger partial charge in [0.2, 0.25) is 14.1 Å². The van der Waals surface area contributed by atoms with E-state index in [4.69, 9.17) is 0 Å². The smallest absolute Gasteiger partial charge is 0.215 e. The summed E-state index contributed by atoms with van der Waals surface area (Å²) in [4.78, 5) is 27.4. The van der Waals surface area contributed by atoms with Crippen LogP contribution in [-0.4, -0.2) is 72.1 Å². The van der Waals surface area contributed by atoms with Gasteiger partial charge in [-0.25, -0.2) is 16.1 Å². The summed E-state index contributed by atoms with van der Waals surface area (Å²) in [5.74, 6) is 5.36. The van der Waals surface area contributed by atoms with E-state index in [0.29, 0.717) is 9.74 Å². The van der Waals surface area contributed by atoms with Crippen LogP contribution in [0.15, 0.2) is 31.5 Å². The standard InChI is InChI=1S/C6H9.C4H6.C3H6N2.2C2H7N2O.C2H6N2.3CH4.Y/c1-4-5-6(2)3;1-3-4-2;1-4-3-5-2;2*1-3-4(2)5;1-3-4-2;;;;/h1-3H3;1-2H3;1-2H3;2*1-2H3,(H,3,5);1-2H3;3*1H4;/q-1;;;2*+1;;;;;. The van der Waals surface area contributed by atoms with Crippen LogP contribution >= 0.6 is 0 Å². The van der Waals surface area contributed by atoms with Crippen LogP contribution in [0.1, 0.15) is 56.9 Å². The van der Waals surface area contributed by atoms with Crippen LogP contribution in [0.4, 0.5) is 0 Å². The Hall–Kier alpha value is -2.04. The van der Waals surface area contributed by atoms with Crippen molar-refractivity contribution in [1.29, 1.82) is 0 Å². The Morgan fingerprint density at radius 2 is 1.03 bits per heavy atom. The third-order valence-corrected chi connectivity index (χ3v) is 1.65. The van der Waals surface area contributed by atoms with Crippen LogP contribution in [0, 0.1) is 27.7 Å². The Morgan fingerprint density at radius 3 is 1.03 bits per heavy atom. The third-order valence-electron chi connectivity index (χ3n) is 1.65. The number of rotatable bonds is 2. The summed E-state index contributed by atoms with van der Waals surface area (Å²) in [7, 11) is 12.4. The molecule has 0 rings (SSSR count). The van der Waals surface area contributed by atoms with E-state index in [-0.39, 0.29) is 55.0 Å². The first kappa shape index (κ1) is 63.3. The molecular formula is C22H53N8O2Y+. The third kappa shape index (κ3) is 292. The molecule has 0 atom stereocenters. The summed E-state index contributed by atoms with van der Waals surface area (Å²) >= 11 is 0. The molecule has 1 radical (unpaired) electrons. The summed E-state index contributed by atoms with van der Waals surface area (Å²) in [5, 5.41) is 6.72. The van der Waals surface area contributed by atoms with Crippen molar-refractivity contribution < 1.29 is 42.4 Å². The van der Waals surface area contributed by atoms with Gasteiger partial charge >= 0.3 is 0 Å². The average molecular weight is 551 g/mol. The Balaban J connectivity index is -0.0000000236. The quantitative estimate of drug-likeness (QED) is 0.0953. The molecule has 0 aliphatic carbocycles. The van der Waals surface area contributed by atoms with E-state index in [9.17, 15) is 9.81 Å². The fourth-order valence-corrected chi connectivity index (χ4v) is 0.350. The molecule has 0 heterocycles. The van der Waals surface area contributed by atoms with Crippen molar-refractivity contribution in [3.8, 4) is 11.8 Å². The average Bonchev–Trinajstić information content (AvgIpc) is 2.70. The Labute approximate surface area is 231 Å². The van der Waals surface area contributed by atoms with E-state index in [2.05, 4.69) is 60.7 Å². The van der Waals surface area contributed by atoms with Crippen LogP contribution in [0.25, 0.3) is 0 Å². The van der Waals surface area contributed by atoms with Crippen molar-refractivity contribution in [2.75, 3.05) is 56.4 Å². The largest absolute Gasteiger partial charge is 0.333 e. The first-order chi connectivity index (χ1) is 13.6. The molecule has 0 fully saturated rings. The van der Waals surface area contributed by atoms with E-state index >= 15 is 0 Å². The molecule has 0 saturated carbocycles. The molecular weight excluding hydrogens is 497 g/mol. The molecule has 0 amide bonds. The summed E-state index contributed by atoms with van der Waals surface area (Å²) in [5.41, 5.74) is 8.66. The van der Waals surface area contributed by atoms with E-state index in [1.165, 1.54) is 19.7 Å². The van der Waals surface area contributed by atoms with Crippen molar-refractivity contribution >= 4 is 6.01 Å². The minimum Gasteiger partial charge on any atom is -0.333 e.